The number of rotatable bonds is 1. The first kappa shape index (κ1) is 15.5. The molecule has 0 fully saturated rings. The molecule has 0 saturated carbocycles. The van der Waals surface area contributed by atoms with Crippen LogP contribution in [-0.2, 0) is 15.7 Å². The third-order valence-electron chi connectivity index (χ3n) is 3.07. The van der Waals surface area contributed by atoms with Crippen molar-refractivity contribution in [3.8, 4) is 5.75 Å². The molecule has 0 unspecified atom stereocenters. The van der Waals surface area contributed by atoms with Gasteiger partial charge in [0.1, 0.15) is 5.75 Å². The number of benzene rings is 1. The van der Waals surface area contributed by atoms with Crippen LogP contribution >= 0.6 is 0 Å². The molecule has 19 heavy (non-hydrogen) atoms. The molecule has 4 nitrogen and oxygen atoms in total. The fourth-order valence-corrected chi connectivity index (χ4v) is 1.96. The summed E-state index contributed by atoms with van der Waals surface area (Å²) in [5.74, 6) is 4.58. The smallest absolute Gasteiger partial charge is 0.356 e. The molecule has 0 aromatic heterocycles. The van der Waals surface area contributed by atoms with E-state index >= 15 is 0 Å². The highest BCUT2D eigenvalue weighted by molar-refractivity contribution is 5.90. The third-order valence-corrected chi connectivity index (χ3v) is 3.07. The van der Waals surface area contributed by atoms with E-state index in [0.717, 1.165) is 0 Å². The van der Waals surface area contributed by atoms with Gasteiger partial charge in [-0.05, 0) is 23.0 Å². The molecule has 0 bridgehead atoms. The molecular weight excluding hydrogens is 242 g/mol. The van der Waals surface area contributed by atoms with Gasteiger partial charge in [-0.1, -0.05) is 41.5 Å². The third kappa shape index (κ3) is 3.26. The summed E-state index contributed by atoms with van der Waals surface area (Å²) in [5, 5.41) is 10.5. The molecule has 1 aromatic carbocycles. The molecule has 0 amide bonds. The molecule has 1 aromatic rings. The van der Waals surface area contributed by atoms with Crippen molar-refractivity contribution in [1.82, 2.24) is 0 Å². The van der Waals surface area contributed by atoms with Crippen LogP contribution < -0.4 is 5.90 Å². The molecule has 4 heteroatoms. The van der Waals surface area contributed by atoms with E-state index in [4.69, 9.17) is 5.90 Å². The minimum Gasteiger partial charge on any atom is -0.507 e. The molecular formula is C15H23NO3. The number of hydrogen-bond acceptors (Lipinski definition) is 4. The Hall–Kier alpha value is -1.55. The number of phenolic OH excluding ortho intramolecular Hbond substituents is 1. The van der Waals surface area contributed by atoms with Gasteiger partial charge in [-0.25, -0.2) is 4.79 Å². The zero-order valence-corrected chi connectivity index (χ0v) is 12.5. The van der Waals surface area contributed by atoms with Crippen molar-refractivity contribution in [2.45, 2.75) is 52.4 Å². The van der Waals surface area contributed by atoms with Crippen LogP contribution in [0.3, 0.4) is 0 Å². The largest absolute Gasteiger partial charge is 0.507 e. The van der Waals surface area contributed by atoms with E-state index in [1.807, 2.05) is 41.5 Å². The SMILES string of the molecule is CC(C)(C)c1cc(C(=O)ON)cc(C(C)(C)C)c1O. The summed E-state index contributed by atoms with van der Waals surface area (Å²) in [4.78, 5) is 15.9. The Labute approximate surface area is 114 Å². The van der Waals surface area contributed by atoms with E-state index in [1.165, 1.54) is 0 Å². The molecule has 1 rings (SSSR count). The Bertz CT molecular complexity index is 458. The summed E-state index contributed by atoms with van der Waals surface area (Å²) < 4.78 is 0. The van der Waals surface area contributed by atoms with Gasteiger partial charge in [0.2, 0.25) is 0 Å². The number of nitrogens with two attached hydrogens (primary N) is 1. The Morgan fingerprint density at radius 2 is 1.42 bits per heavy atom. The number of hydrogen-bond donors (Lipinski definition) is 2. The second-order valence-electron chi connectivity index (χ2n) is 6.83. The van der Waals surface area contributed by atoms with E-state index in [2.05, 4.69) is 4.84 Å². The lowest BCUT2D eigenvalue weighted by Gasteiger charge is -2.27. The lowest BCUT2D eigenvalue weighted by Crippen LogP contribution is -2.20. The van der Waals surface area contributed by atoms with Crippen LogP contribution in [0.25, 0.3) is 0 Å². The number of phenols is 1. The van der Waals surface area contributed by atoms with Gasteiger partial charge in [0.05, 0.1) is 5.56 Å². The molecule has 0 spiro atoms. The van der Waals surface area contributed by atoms with Gasteiger partial charge in [-0.15, -0.1) is 0 Å². The minimum absolute atomic E-state index is 0.230. The maximum absolute atomic E-state index is 11.7. The Morgan fingerprint density at radius 3 is 1.68 bits per heavy atom. The first-order chi connectivity index (χ1) is 8.48. The van der Waals surface area contributed by atoms with E-state index < -0.39 is 5.97 Å². The van der Waals surface area contributed by atoms with Gasteiger partial charge < -0.3 is 9.94 Å². The highest BCUT2D eigenvalue weighted by Gasteiger charge is 2.27. The molecule has 0 radical (unpaired) electrons. The highest BCUT2D eigenvalue weighted by Crippen LogP contribution is 2.39. The van der Waals surface area contributed by atoms with Crippen molar-refractivity contribution in [3.63, 3.8) is 0 Å². The standard InChI is InChI=1S/C15H23NO3/c1-14(2,3)10-7-9(13(18)19-16)8-11(12(10)17)15(4,5)6/h7-8,17H,16H2,1-6H3. The van der Waals surface area contributed by atoms with Crippen LogP contribution in [0.2, 0.25) is 0 Å². The van der Waals surface area contributed by atoms with E-state index in [1.54, 1.807) is 12.1 Å². The zero-order valence-electron chi connectivity index (χ0n) is 12.5. The molecule has 0 aliphatic heterocycles. The van der Waals surface area contributed by atoms with Gasteiger partial charge in [0.25, 0.3) is 0 Å². The second kappa shape index (κ2) is 4.85. The van der Waals surface area contributed by atoms with Crippen molar-refractivity contribution in [3.05, 3.63) is 28.8 Å². The summed E-state index contributed by atoms with van der Waals surface area (Å²) in [6, 6.07) is 3.28. The zero-order chi connectivity index (χ0) is 15.0. The second-order valence-corrected chi connectivity index (χ2v) is 6.83. The number of carbonyl (C=O) groups is 1. The molecule has 0 aliphatic rings. The van der Waals surface area contributed by atoms with Crippen LogP contribution in [0.15, 0.2) is 12.1 Å². The number of aromatic hydroxyl groups is 1. The molecule has 0 heterocycles. The van der Waals surface area contributed by atoms with Crippen LogP contribution in [0.1, 0.15) is 63.0 Å². The van der Waals surface area contributed by atoms with Crippen molar-refractivity contribution in [2.75, 3.05) is 0 Å². The topological polar surface area (TPSA) is 72.5 Å². The maximum atomic E-state index is 11.7. The maximum Gasteiger partial charge on any atom is 0.356 e. The fraction of sp³-hybridized carbons (Fsp3) is 0.533. The first-order valence-electron chi connectivity index (χ1n) is 6.27. The monoisotopic (exact) mass is 265 g/mol. The van der Waals surface area contributed by atoms with Gasteiger partial charge in [0.15, 0.2) is 0 Å². The summed E-state index contributed by atoms with van der Waals surface area (Å²) in [7, 11) is 0. The Morgan fingerprint density at radius 1 is 1.05 bits per heavy atom. The summed E-state index contributed by atoms with van der Waals surface area (Å²) in [5.41, 5.74) is 1.21. The van der Waals surface area contributed by atoms with Crippen LogP contribution in [0.5, 0.6) is 5.75 Å². The average Bonchev–Trinajstić information content (AvgIpc) is 2.25. The molecule has 0 aliphatic carbocycles. The van der Waals surface area contributed by atoms with Gasteiger partial charge >= 0.3 is 5.97 Å². The van der Waals surface area contributed by atoms with E-state index in [-0.39, 0.29) is 16.6 Å². The van der Waals surface area contributed by atoms with E-state index in [9.17, 15) is 9.90 Å². The first-order valence-corrected chi connectivity index (χ1v) is 6.27. The average molecular weight is 265 g/mol. The summed E-state index contributed by atoms with van der Waals surface area (Å²) in [6.07, 6.45) is 0. The minimum atomic E-state index is -0.601. The molecule has 106 valence electrons. The Balaban J connectivity index is 3.62. The van der Waals surface area contributed by atoms with Gasteiger partial charge in [0, 0.05) is 11.1 Å². The van der Waals surface area contributed by atoms with Crippen LogP contribution in [0.4, 0.5) is 0 Å². The molecule has 0 saturated heterocycles. The quantitative estimate of drug-likeness (QED) is 0.766. The van der Waals surface area contributed by atoms with Crippen molar-refractivity contribution < 1.29 is 14.7 Å². The van der Waals surface area contributed by atoms with Gasteiger partial charge in [-0.3, -0.25) is 0 Å². The van der Waals surface area contributed by atoms with Crippen LogP contribution in [0, 0.1) is 0 Å². The molecule has 3 N–H and O–H groups in total. The highest BCUT2D eigenvalue weighted by atomic mass is 16.7. The Kier molecular flexibility index (Phi) is 3.96. The van der Waals surface area contributed by atoms with Crippen molar-refractivity contribution >= 4 is 5.97 Å². The predicted octanol–water partition coefficient (Wildman–Crippen LogP) is 3.02. The normalized spacial score (nSPS) is 12.4. The van der Waals surface area contributed by atoms with Crippen molar-refractivity contribution in [2.24, 2.45) is 5.90 Å². The lowest BCUT2D eigenvalue weighted by molar-refractivity contribution is 0.0503. The predicted molar refractivity (Wildman–Crippen MR) is 75.1 cm³/mol. The molecule has 0 atom stereocenters. The summed E-state index contributed by atoms with van der Waals surface area (Å²) >= 11 is 0. The number of carbonyl (C=O) groups excluding carboxylic acids is 1. The summed E-state index contributed by atoms with van der Waals surface area (Å²) in [6.45, 7) is 11.9. The van der Waals surface area contributed by atoms with Gasteiger partial charge in [-0.2, -0.15) is 5.90 Å². The fourth-order valence-electron chi connectivity index (χ4n) is 1.96. The van der Waals surface area contributed by atoms with Crippen LogP contribution in [-0.4, -0.2) is 11.1 Å². The van der Waals surface area contributed by atoms with E-state index in [0.29, 0.717) is 16.7 Å². The van der Waals surface area contributed by atoms with Crippen molar-refractivity contribution in [1.29, 1.82) is 0 Å². The lowest BCUT2D eigenvalue weighted by atomic mass is 9.78.